The highest BCUT2D eigenvalue weighted by molar-refractivity contribution is 7.89. The fourth-order valence-corrected chi connectivity index (χ4v) is 3.48. The first-order valence-corrected chi connectivity index (χ1v) is 10.0. The second-order valence-electron chi connectivity index (χ2n) is 6.18. The van der Waals surface area contributed by atoms with Crippen molar-refractivity contribution in [1.29, 1.82) is 0 Å². The van der Waals surface area contributed by atoms with Crippen LogP contribution in [-0.2, 0) is 24.4 Å². The molecule has 0 aliphatic rings. The van der Waals surface area contributed by atoms with Crippen LogP contribution in [0.1, 0.15) is 20.8 Å². The van der Waals surface area contributed by atoms with Crippen molar-refractivity contribution in [2.24, 2.45) is 0 Å². The third-order valence-corrected chi connectivity index (χ3v) is 5.12. The first kappa shape index (κ1) is 22.1. The summed E-state index contributed by atoms with van der Waals surface area (Å²) in [6.07, 6.45) is 0. The molecule has 0 aliphatic carbocycles. The van der Waals surface area contributed by atoms with E-state index in [1.54, 1.807) is 12.1 Å². The summed E-state index contributed by atoms with van der Waals surface area (Å²) < 4.78 is 32.3. The van der Waals surface area contributed by atoms with Gasteiger partial charge in [-0.2, -0.15) is 4.72 Å². The Morgan fingerprint density at radius 3 is 1.72 bits per heavy atom. The average Bonchev–Trinajstić information content (AvgIpc) is 2.62. The van der Waals surface area contributed by atoms with Gasteiger partial charge in [0.1, 0.15) is 11.8 Å². The monoisotopic (exact) mass is 419 g/mol. The zero-order valence-electron chi connectivity index (χ0n) is 16.1. The number of amides is 2. The van der Waals surface area contributed by atoms with Crippen molar-refractivity contribution in [3.8, 4) is 5.75 Å². The van der Waals surface area contributed by atoms with Gasteiger partial charge in [-0.25, -0.2) is 13.2 Å². The molecule has 0 aliphatic heterocycles. The molecule has 0 aromatic heterocycles. The van der Waals surface area contributed by atoms with Gasteiger partial charge in [0.2, 0.25) is 21.8 Å². The van der Waals surface area contributed by atoms with Gasteiger partial charge < -0.3 is 15.4 Å². The molecule has 2 amide bonds. The Bertz CT molecular complexity index is 1000. The van der Waals surface area contributed by atoms with Crippen molar-refractivity contribution in [3.63, 3.8) is 0 Å². The first-order chi connectivity index (χ1) is 13.6. The number of carbonyl (C=O) groups is 3. The topological polar surface area (TPSA) is 131 Å². The Hall–Kier alpha value is -3.24. The van der Waals surface area contributed by atoms with Crippen molar-refractivity contribution in [2.75, 3.05) is 10.6 Å². The maximum absolute atomic E-state index is 12.4. The molecule has 0 saturated heterocycles. The van der Waals surface area contributed by atoms with Crippen molar-refractivity contribution < 1.29 is 27.5 Å². The number of nitrogens with one attached hydrogen (secondary N) is 3. The second-order valence-corrected chi connectivity index (χ2v) is 7.89. The molecule has 29 heavy (non-hydrogen) atoms. The van der Waals surface area contributed by atoms with E-state index < -0.39 is 22.0 Å². The number of ether oxygens (including phenoxy) is 1. The summed E-state index contributed by atoms with van der Waals surface area (Å²) in [5, 5.41) is 5.11. The minimum atomic E-state index is -3.97. The third-order valence-electron chi connectivity index (χ3n) is 3.56. The minimum absolute atomic E-state index is 0.0640. The Labute approximate surface area is 168 Å². The van der Waals surface area contributed by atoms with Gasteiger partial charge in [0, 0.05) is 25.2 Å². The van der Waals surface area contributed by atoms with Crippen molar-refractivity contribution in [2.45, 2.75) is 31.7 Å². The molecule has 9 nitrogen and oxygen atoms in total. The van der Waals surface area contributed by atoms with Gasteiger partial charge in [0.25, 0.3) is 0 Å². The van der Waals surface area contributed by atoms with E-state index in [-0.39, 0.29) is 22.5 Å². The van der Waals surface area contributed by atoms with Gasteiger partial charge in [0.05, 0.1) is 4.90 Å². The van der Waals surface area contributed by atoms with Gasteiger partial charge in [-0.05, 0) is 55.5 Å². The molecule has 0 fully saturated rings. The van der Waals surface area contributed by atoms with Gasteiger partial charge in [0.15, 0.2) is 0 Å². The van der Waals surface area contributed by atoms with E-state index in [1.165, 1.54) is 57.2 Å². The van der Waals surface area contributed by atoms with Crippen LogP contribution < -0.4 is 20.1 Å². The molecule has 0 saturated carbocycles. The normalized spacial score (nSPS) is 12.0. The van der Waals surface area contributed by atoms with E-state index >= 15 is 0 Å². The molecule has 2 aromatic carbocycles. The van der Waals surface area contributed by atoms with E-state index in [1.807, 2.05) is 0 Å². The van der Waals surface area contributed by atoms with E-state index in [4.69, 9.17) is 4.74 Å². The predicted molar refractivity (Wildman–Crippen MR) is 107 cm³/mol. The molecule has 0 heterocycles. The Balaban J connectivity index is 2.00. The van der Waals surface area contributed by atoms with E-state index in [9.17, 15) is 22.8 Å². The number of rotatable bonds is 7. The van der Waals surface area contributed by atoms with Crippen LogP contribution in [-0.4, -0.2) is 32.2 Å². The van der Waals surface area contributed by atoms with Crippen molar-refractivity contribution in [3.05, 3.63) is 48.5 Å². The van der Waals surface area contributed by atoms with Crippen molar-refractivity contribution >= 4 is 39.2 Å². The highest BCUT2D eigenvalue weighted by Gasteiger charge is 2.23. The van der Waals surface area contributed by atoms with Crippen LogP contribution in [0.25, 0.3) is 0 Å². The van der Waals surface area contributed by atoms with Gasteiger partial charge in [-0.1, -0.05) is 0 Å². The van der Waals surface area contributed by atoms with Crippen LogP contribution in [0.4, 0.5) is 11.4 Å². The number of hydrogen-bond donors (Lipinski definition) is 3. The second kappa shape index (κ2) is 9.30. The molecule has 0 spiro atoms. The number of hydrogen-bond acceptors (Lipinski definition) is 6. The number of anilines is 2. The van der Waals surface area contributed by atoms with E-state index in [0.29, 0.717) is 11.4 Å². The number of benzene rings is 2. The molecular weight excluding hydrogens is 398 g/mol. The van der Waals surface area contributed by atoms with Crippen LogP contribution in [0, 0.1) is 0 Å². The van der Waals surface area contributed by atoms with Crippen LogP contribution in [0.5, 0.6) is 5.75 Å². The predicted octanol–water partition coefficient (Wildman–Crippen LogP) is 1.88. The molecule has 2 rings (SSSR count). The van der Waals surface area contributed by atoms with Gasteiger partial charge in [-0.3, -0.25) is 9.59 Å². The lowest BCUT2D eigenvalue weighted by molar-refractivity contribution is -0.135. The summed E-state index contributed by atoms with van der Waals surface area (Å²) >= 11 is 0. The minimum Gasteiger partial charge on any atom is -0.425 e. The summed E-state index contributed by atoms with van der Waals surface area (Å²) in [6, 6.07) is 10.4. The molecule has 2 aromatic rings. The smallest absolute Gasteiger partial charge is 0.329 e. The van der Waals surface area contributed by atoms with Crippen LogP contribution in [0.15, 0.2) is 53.4 Å². The molecule has 154 valence electrons. The van der Waals surface area contributed by atoms with Crippen molar-refractivity contribution in [1.82, 2.24) is 4.72 Å². The van der Waals surface area contributed by atoms with E-state index in [0.717, 1.165) is 0 Å². The fourth-order valence-electron chi connectivity index (χ4n) is 2.28. The molecule has 3 N–H and O–H groups in total. The largest absolute Gasteiger partial charge is 0.425 e. The van der Waals surface area contributed by atoms with Crippen LogP contribution in [0.3, 0.4) is 0 Å². The SMILES string of the molecule is CC(=O)Nc1ccc(OC(=O)[C@H](C)NS(=O)(=O)c2ccc(NC(C)=O)cc2)cc1. The molecule has 10 heteroatoms. The Kier molecular flexibility index (Phi) is 7.08. The number of sulfonamides is 1. The highest BCUT2D eigenvalue weighted by atomic mass is 32.2. The quantitative estimate of drug-likeness (QED) is 0.464. The number of carbonyl (C=O) groups excluding carboxylic acids is 3. The molecular formula is C19H21N3O6S. The molecule has 0 unspecified atom stereocenters. The Morgan fingerprint density at radius 1 is 0.828 bits per heavy atom. The molecule has 1 atom stereocenters. The summed E-state index contributed by atoms with van der Waals surface area (Å²) in [5.74, 6) is -1.10. The summed E-state index contributed by atoms with van der Waals surface area (Å²) in [5.41, 5.74) is 0.986. The summed E-state index contributed by atoms with van der Waals surface area (Å²) in [4.78, 5) is 34.1. The highest BCUT2D eigenvalue weighted by Crippen LogP contribution is 2.17. The summed E-state index contributed by atoms with van der Waals surface area (Å²) in [6.45, 7) is 4.07. The maximum Gasteiger partial charge on any atom is 0.329 e. The zero-order valence-corrected chi connectivity index (χ0v) is 16.9. The lowest BCUT2D eigenvalue weighted by atomic mass is 10.3. The molecule has 0 bridgehead atoms. The lowest BCUT2D eigenvalue weighted by Crippen LogP contribution is -2.40. The first-order valence-electron chi connectivity index (χ1n) is 8.56. The van der Waals surface area contributed by atoms with Crippen LogP contribution in [0.2, 0.25) is 0 Å². The summed E-state index contributed by atoms with van der Waals surface area (Å²) in [7, 11) is -3.97. The van der Waals surface area contributed by atoms with E-state index in [2.05, 4.69) is 15.4 Å². The van der Waals surface area contributed by atoms with Crippen LogP contribution >= 0.6 is 0 Å². The average molecular weight is 419 g/mol. The standard InChI is InChI=1S/C19H21N3O6S/c1-12(19(25)28-17-8-4-15(5-9-17)20-13(2)23)22-29(26,27)18-10-6-16(7-11-18)21-14(3)24/h4-12,22H,1-3H3,(H,20,23)(H,21,24)/t12-/m0/s1. The third kappa shape index (κ3) is 6.70. The van der Waals surface area contributed by atoms with Gasteiger partial charge in [-0.15, -0.1) is 0 Å². The fraction of sp³-hybridized carbons (Fsp3) is 0.211. The lowest BCUT2D eigenvalue weighted by Gasteiger charge is -2.14. The zero-order chi connectivity index (χ0) is 21.6. The maximum atomic E-state index is 12.4. The van der Waals surface area contributed by atoms with Gasteiger partial charge >= 0.3 is 5.97 Å². The Morgan fingerprint density at radius 2 is 1.28 bits per heavy atom. The number of esters is 1. The molecule has 0 radical (unpaired) electrons.